The van der Waals surface area contributed by atoms with Crippen molar-refractivity contribution in [2.75, 3.05) is 11.4 Å². The first-order valence-electron chi connectivity index (χ1n) is 5.55. The molecule has 1 unspecified atom stereocenters. The van der Waals surface area contributed by atoms with E-state index in [0.717, 1.165) is 0 Å². The Bertz CT molecular complexity index is 688. The number of nitrogens with one attached hydrogen (secondary N) is 2. The molecule has 0 spiro atoms. The molecule has 1 amide bonds. The normalized spacial score (nSPS) is 19.7. The molecule has 92 valence electrons. The first kappa shape index (κ1) is 11.1. The zero-order chi connectivity index (χ0) is 12.7. The third kappa shape index (κ3) is 1.63. The summed E-state index contributed by atoms with van der Waals surface area (Å²) < 4.78 is 0.408. The Kier molecular flexibility index (Phi) is 2.48. The molecular weight excluding hydrogens is 250 g/mol. The summed E-state index contributed by atoms with van der Waals surface area (Å²) in [4.78, 5) is 27.7. The fourth-order valence-corrected chi connectivity index (χ4v) is 2.31. The van der Waals surface area contributed by atoms with Crippen LogP contribution in [0.1, 0.15) is 6.42 Å². The maximum atomic E-state index is 11.9. The second-order valence-electron chi connectivity index (χ2n) is 4.20. The van der Waals surface area contributed by atoms with Crippen molar-refractivity contribution in [3.63, 3.8) is 0 Å². The topological polar surface area (TPSA) is 77.7 Å². The van der Waals surface area contributed by atoms with Crippen LogP contribution in [0.25, 0.3) is 11.2 Å². The van der Waals surface area contributed by atoms with Crippen molar-refractivity contribution >= 4 is 35.2 Å². The second kappa shape index (κ2) is 4.02. The molecule has 1 fully saturated rings. The lowest BCUT2D eigenvalue weighted by molar-refractivity contribution is -0.117. The Morgan fingerprint density at radius 3 is 3.17 bits per heavy atom. The minimum Gasteiger partial charge on any atom is -0.341 e. The number of aromatic amines is 2. The largest absolute Gasteiger partial charge is 0.341 e. The lowest BCUT2D eigenvalue weighted by Gasteiger charge is -2.14. The number of rotatable bonds is 2. The van der Waals surface area contributed by atoms with E-state index in [1.54, 1.807) is 17.3 Å². The van der Waals surface area contributed by atoms with Gasteiger partial charge in [0.25, 0.3) is 0 Å². The fraction of sp³-hybridized carbons (Fsp3) is 0.273. The summed E-state index contributed by atoms with van der Waals surface area (Å²) in [6.07, 6.45) is 3.80. The highest BCUT2D eigenvalue weighted by Crippen LogP contribution is 2.23. The van der Waals surface area contributed by atoms with Crippen LogP contribution in [0, 0.1) is 10.6 Å². The molecule has 0 aliphatic carbocycles. The van der Waals surface area contributed by atoms with Crippen LogP contribution in [0.3, 0.4) is 0 Å². The van der Waals surface area contributed by atoms with Gasteiger partial charge in [0, 0.05) is 18.9 Å². The number of fused-ring (bicyclic) bond motifs is 1. The molecule has 1 aliphatic heterocycles. The SMILES string of the molecule is C=CC1CC(=O)N(c2nc(=S)c3[nH]cnc3[nH]2)C1. The maximum absolute atomic E-state index is 11.9. The summed E-state index contributed by atoms with van der Waals surface area (Å²) in [5.74, 6) is 0.637. The van der Waals surface area contributed by atoms with Crippen molar-refractivity contribution in [3.05, 3.63) is 23.6 Å². The molecule has 7 heteroatoms. The van der Waals surface area contributed by atoms with E-state index in [0.29, 0.717) is 34.7 Å². The zero-order valence-corrected chi connectivity index (χ0v) is 10.3. The Hall–Kier alpha value is -2.02. The molecule has 1 saturated heterocycles. The predicted molar refractivity (Wildman–Crippen MR) is 69.7 cm³/mol. The van der Waals surface area contributed by atoms with Gasteiger partial charge >= 0.3 is 0 Å². The number of nitrogens with zero attached hydrogens (tertiary/aromatic N) is 3. The lowest BCUT2D eigenvalue weighted by atomic mass is 10.1. The zero-order valence-electron chi connectivity index (χ0n) is 9.51. The number of carbonyl (C=O) groups excluding carboxylic acids is 1. The minimum absolute atomic E-state index is 0.0212. The van der Waals surface area contributed by atoms with Crippen molar-refractivity contribution in [3.8, 4) is 0 Å². The Morgan fingerprint density at radius 2 is 2.44 bits per heavy atom. The number of hydrogen-bond acceptors (Lipinski definition) is 4. The molecule has 18 heavy (non-hydrogen) atoms. The van der Waals surface area contributed by atoms with E-state index < -0.39 is 0 Å². The lowest BCUT2D eigenvalue weighted by Crippen LogP contribution is -2.26. The van der Waals surface area contributed by atoms with Crippen LogP contribution in [0.2, 0.25) is 0 Å². The number of H-pyrrole nitrogens is 2. The van der Waals surface area contributed by atoms with Crippen LogP contribution in [-0.4, -0.2) is 32.4 Å². The third-order valence-electron chi connectivity index (χ3n) is 3.03. The highest BCUT2D eigenvalue weighted by Gasteiger charge is 2.30. The quantitative estimate of drug-likeness (QED) is 0.635. The van der Waals surface area contributed by atoms with Gasteiger partial charge in [-0.25, -0.2) is 9.97 Å². The summed E-state index contributed by atoms with van der Waals surface area (Å²) >= 11 is 5.17. The number of imidazole rings is 1. The highest BCUT2D eigenvalue weighted by molar-refractivity contribution is 7.71. The maximum Gasteiger partial charge on any atom is 0.229 e. The number of carbonyl (C=O) groups is 1. The van der Waals surface area contributed by atoms with Crippen LogP contribution in [-0.2, 0) is 4.79 Å². The summed E-state index contributed by atoms with van der Waals surface area (Å²) in [7, 11) is 0. The Labute approximate surface area is 108 Å². The minimum atomic E-state index is 0.0212. The number of hydrogen-bond donors (Lipinski definition) is 2. The molecule has 2 aromatic heterocycles. The first-order valence-corrected chi connectivity index (χ1v) is 5.96. The van der Waals surface area contributed by atoms with Gasteiger partial charge in [-0.15, -0.1) is 6.58 Å². The molecule has 6 nitrogen and oxygen atoms in total. The van der Waals surface area contributed by atoms with Gasteiger partial charge in [0.05, 0.1) is 6.33 Å². The second-order valence-corrected chi connectivity index (χ2v) is 4.58. The molecule has 2 aromatic rings. The Morgan fingerprint density at radius 1 is 1.61 bits per heavy atom. The van der Waals surface area contributed by atoms with Gasteiger partial charge < -0.3 is 9.97 Å². The molecule has 0 bridgehead atoms. The molecule has 0 aromatic carbocycles. The number of aromatic nitrogens is 4. The van der Waals surface area contributed by atoms with Gasteiger partial charge in [-0.2, -0.15) is 0 Å². The van der Waals surface area contributed by atoms with E-state index in [-0.39, 0.29) is 11.8 Å². The standard InChI is InChI=1S/C11H11N5OS/c1-2-6-3-7(17)16(4-6)11-14-9-8(10(18)15-11)12-5-13-9/h2,5-6H,1,3-4H2,(H2,12,13,14,15,18). The van der Waals surface area contributed by atoms with Crippen molar-refractivity contribution in [2.24, 2.45) is 5.92 Å². The van der Waals surface area contributed by atoms with Crippen LogP contribution < -0.4 is 4.90 Å². The summed E-state index contributed by atoms with van der Waals surface area (Å²) in [6, 6.07) is 0. The van der Waals surface area contributed by atoms with E-state index in [1.165, 1.54) is 0 Å². The molecule has 3 heterocycles. The molecule has 0 radical (unpaired) electrons. The van der Waals surface area contributed by atoms with Gasteiger partial charge in [0.15, 0.2) is 10.3 Å². The number of amides is 1. The van der Waals surface area contributed by atoms with Gasteiger partial charge in [0.1, 0.15) is 5.52 Å². The van der Waals surface area contributed by atoms with Crippen molar-refractivity contribution in [1.29, 1.82) is 0 Å². The van der Waals surface area contributed by atoms with Gasteiger partial charge in [-0.1, -0.05) is 18.3 Å². The van der Waals surface area contributed by atoms with E-state index >= 15 is 0 Å². The van der Waals surface area contributed by atoms with Crippen LogP contribution in [0.4, 0.5) is 5.95 Å². The third-order valence-corrected chi connectivity index (χ3v) is 3.33. The fourth-order valence-electron chi connectivity index (χ4n) is 2.06. The molecule has 2 N–H and O–H groups in total. The first-order chi connectivity index (χ1) is 8.69. The van der Waals surface area contributed by atoms with Crippen LogP contribution >= 0.6 is 12.2 Å². The molecule has 3 rings (SSSR count). The van der Waals surface area contributed by atoms with Crippen molar-refractivity contribution in [1.82, 2.24) is 19.9 Å². The van der Waals surface area contributed by atoms with Gasteiger partial charge in [-0.3, -0.25) is 9.69 Å². The summed E-state index contributed by atoms with van der Waals surface area (Å²) in [5, 5.41) is 0. The Balaban J connectivity index is 2.07. The average molecular weight is 261 g/mol. The number of anilines is 1. The highest BCUT2D eigenvalue weighted by atomic mass is 32.1. The molecule has 1 aliphatic rings. The van der Waals surface area contributed by atoms with E-state index in [9.17, 15) is 4.79 Å². The van der Waals surface area contributed by atoms with E-state index in [4.69, 9.17) is 12.2 Å². The van der Waals surface area contributed by atoms with Crippen LogP contribution in [0.15, 0.2) is 19.0 Å². The predicted octanol–water partition coefficient (Wildman–Crippen LogP) is 1.55. The van der Waals surface area contributed by atoms with Crippen molar-refractivity contribution in [2.45, 2.75) is 6.42 Å². The van der Waals surface area contributed by atoms with E-state index in [2.05, 4.69) is 26.5 Å². The van der Waals surface area contributed by atoms with Crippen molar-refractivity contribution < 1.29 is 4.79 Å². The summed E-state index contributed by atoms with van der Waals surface area (Å²) in [6.45, 7) is 4.30. The molecule has 1 atom stereocenters. The summed E-state index contributed by atoms with van der Waals surface area (Å²) in [5.41, 5.74) is 1.29. The smallest absolute Gasteiger partial charge is 0.229 e. The van der Waals surface area contributed by atoms with Gasteiger partial charge in [0.2, 0.25) is 11.9 Å². The monoisotopic (exact) mass is 261 g/mol. The van der Waals surface area contributed by atoms with Gasteiger partial charge in [-0.05, 0) is 0 Å². The molecular formula is C11H11N5OS. The average Bonchev–Trinajstić information content (AvgIpc) is 2.95. The van der Waals surface area contributed by atoms with E-state index in [1.807, 2.05) is 0 Å². The molecule has 0 saturated carbocycles. The van der Waals surface area contributed by atoms with Crippen LogP contribution in [0.5, 0.6) is 0 Å².